The van der Waals surface area contributed by atoms with E-state index in [1.165, 1.54) is 17.8 Å². The van der Waals surface area contributed by atoms with Crippen LogP contribution in [0.1, 0.15) is 5.56 Å². The Morgan fingerprint density at radius 2 is 2.00 bits per heavy atom. The molecular weight excluding hydrogens is 244 g/mol. The molecule has 0 saturated heterocycles. The lowest BCUT2D eigenvalue weighted by atomic mass is 10.1. The van der Waals surface area contributed by atoms with E-state index < -0.39 is 5.97 Å². The average molecular weight is 256 g/mol. The fourth-order valence-electron chi connectivity index (χ4n) is 1.66. The van der Waals surface area contributed by atoms with E-state index in [1.807, 2.05) is 30.3 Å². The number of aromatic nitrogens is 2. The van der Waals surface area contributed by atoms with E-state index >= 15 is 0 Å². The number of rotatable bonds is 3. The van der Waals surface area contributed by atoms with Crippen molar-refractivity contribution in [3.05, 3.63) is 58.4 Å². The van der Waals surface area contributed by atoms with Gasteiger partial charge in [0.25, 0.3) is 5.56 Å². The molecule has 0 aliphatic carbocycles. The summed E-state index contributed by atoms with van der Waals surface area (Å²) in [7, 11) is 1.53. The molecule has 1 heterocycles. The van der Waals surface area contributed by atoms with Crippen molar-refractivity contribution in [3.63, 3.8) is 0 Å². The summed E-state index contributed by atoms with van der Waals surface area (Å²) in [5, 5.41) is 12.8. The number of carbonyl (C=O) groups is 1. The number of aryl methyl sites for hydroxylation is 1. The summed E-state index contributed by atoms with van der Waals surface area (Å²) in [6.45, 7) is 0. The molecular formula is C14H12N2O3. The molecule has 2 rings (SSSR count). The minimum Gasteiger partial charge on any atom is -0.478 e. The monoisotopic (exact) mass is 256 g/mol. The van der Waals surface area contributed by atoms with Gasteiger partial charge in [0.15, 0.2) is 0 Å². The van der Waals surface area contributed by atoms with E-state index in [9.17, 15) is 9.59 Å². The van der Waals surface area contributed by atoms with Crippen molar-refractivity contribution in [3.8, 4) is 11.3 Å². The minimum atomic E-state index is -1.10. The highest BCUT2D eigenvalue weighted by atomic mass is 16.4. The summed E-state index contributed by atoms with van der Waals surface area (Å²) in [5.74, 6) is -1.10. The van der Waals surface area contributed by atoms with Crippen LogP contribution in [0.4, 0.5) is 0 Å². The summed E-state index contributed by atoms with van der Waals surface area (Å²) < 4.78 is 1.20. The second-order valence-electron chi connectivity index (χ2n) is 3.95. The Morgan fingerprint density at radius 3 is 2.63 bits per heavy atom. The number of nitrogens with zero attached hydrogens (tertiary/aromatic N) is 2. The van der Waals surface area contributed by atoms with Crippen molar-refractivity contribution in [2.24, 2.45) is 7.05 Å². The molecule has 0 atom stereocenters. The summed E-state index contributed by atoms with van der Waals surface area (Å²) in [6.07, 6.45) is 2.21. The van der Waals surface area contributed by atoms with Crippen molar-refractivity contribution >= 4 is 12.0 Å². The van der Waals surface area contributed by atoms with Gasteiger partial charge in [-0.1, -0.05) is 30.3 Å². The number of hydrogen-bond acceptors (Lipinski definition) is 3. The highest BCUT2D eigenvalue weighted by Crippen LogP contribution is 2.15. The third kappa shape index (κ3) is 2.95. The lowest BCUT2D eigenvalue weighted by Gasteiger charge is -2.04. The molecule has 0 aliphatic heterocycles. The van der Waals surface area contributed by atoms with Crippen LogP contribution in [0, 0.1) is 0 Å². The van der Waals surface area contributed by atoms with Crippen LogP contribution in [0.2, 0.25) is 0 Å². The summed E-state index contributed by atoms with van der Waals surface area (Å²) in [4.78, 5) is 22.3. The molecule has 1 N–H and O–H groups in total. The number of carboxylic acid groups (broad SMARTS) is 1. The van der Waals surface area contributed by atoms with Gasteiger partial charge in [0.05, 0.1) is 5.69 Å². The zero-order valence-electron chi connectivity index (χ0n) is 10.3. The number of aliphatic carboxylic acids is 1. The molecule has 0 amide bonds. The van der Waals surface area contributed by atoms with Gasteiger partial charge < -0.3 is 5.11 Å². The van der Waals surface area contributed by atoms with Gasteiger partial charge in [0, 0.05) is 24.3 Å². The summed E-state index contributed by atoms with van der Waals surface area (Å²) in [5.41, 5.74) is 1.44. The predicted octanol–water partition coefficient (Wildman–Crippen LogP) is 1.55. The quantitative estimate of drug-likeness (QED) is 0.845. The SMILES string of the molecule is Cn1nc(-c2ccccc2)cc(/C=C/C(=O)O)c1=O. The molecule has 19 heavy (non-hydrogen) atoms. The summed E-state index contributed by atoms with van der Waals surface area (Å²) >= 11 is 0. The molecule has 0 unspecified atom stereocenters. The largest absolute Gasteiger partial charge is 0.478 e. The van der Waals surface area contributed by atoms with Crippen molar-refractivity contribution < 1.29 is 9.90 Å². The van der Waals surface area contributed by atoms with E-state index in [-0.39, 0.29) is 5.56 Å². The third-order valence-electron chi connectivity index (χ3n) is 2.57. The number of benzene rings is 1. The van der Waals surface area contributed by atoms with Crippen LogP contribution in [-0.4, -0.2) is 20.9 Å². The van der Waals surface area contributed by atoms with Crippen LogP contribution < -0.4 is 5.56 Å². The molecule has 0 bridgehead atoms. The first kappa shape index (κ1) is 12.8. The molecule has 0 radical (unpaired) electrons. The maximum Gasteiger partial charge on any atom is 0.328 e. The second-order valence-corrected chi connectivity index (χ2v) is 3.95. The van der Waals surface area contributed by atoms with Gasteiger partial charge in [0.2, 0.25) is 0 Å². The van der Waals surface area contributed by atoms with E-state index in [0.717, 1.165) is 11.6 Å². The minimum absolute atomic E-state index is 0.291. The van der Waals surface area contributed by atoms with Gasteiger partial charge >= 0.3 is 5.97 Å². The van der Waals surface area contributed by atoms with E-state index in [2.05, 4.69) is 5.10 Å². The van der Waals surface area contributed by atoms with Crippen LogP contribution >= 0.6 is 0 Å². The van der Waals surface area contributed by atoms with E-state index in [0.29, 0.717) is 11.3 Å². The molecule has 96 valence electrons. The molecule has 1 aromatic carbocycles. The normalized spacial score (nSPS) is 10.8. The van der Waals surface area contributed by atoms with Crippen LogP contribution in [0.15, 0.2) is 47.3 Å². The zero-order valence-corrected chi connectivity index (χ0v) is 10.3. The fourth-order valence-corrected chi connectivity index (χ4v) is 1.66. The van der Waals surface area contributed by atoms with Gasteiger partial charge in [-0.25, -0.2) is 9.48 Å². The first-order chi connectivity index (χ1) is 9.08. The number of carboxylic acids is 1. The predicted molar refractivity (Wildman–Crippen MR) is 71.6 cm³/mol. The van der Waals surface area contributed by atoms with Crippen molar-refractivity contribution in [2.45, 2.75) is 0 Å². The Balaban J connectivity index is 2.54. The van der Waals surface area contributed by atoms with E-state index in [4.69, 9.17) is 5.11 Å². The van der Waals surface area contributed by atoms with Crippen molar-refractivity contribution in [1.29, 1.82) is 0 Å². The average Bonchev–Trinajstić information content (AvgIpc) is 2.41. The van der Waals surface area contributed by atoms with Gasteiger partial charge in [0.1, 0.15) is 0 Å². The fraction of sp³-hybridized carbons (Fsp3) is 0.0714. The molecule has 0 fully saturated rings. The van der Waals surface area contributed by atoms with Crippen molar-refractivity contribution in [2.75, 3.05) is 0 Å². The highest BCUT2D eigenvalue weighted by Gasteiger charge is 2.06. The van der Waals surface area contributed by atoms with Gasteiger partial charge in [-0.2, -0.15) is 5.10 Å². The zero-order chi connectivity index (χ0) is 13.8. The Morgan fingerprint density at radius 1 is 1.32 bits per heavy atom. The van der Waals surface area contributed by atoms with Gasteiger partial charge in [-0.15, -0.1) is 0 Å². The van der Waals surface area contributed by atoms with Gasteiger partial charge in [-0.3, -0.25) is 4.79 Å². The first-order valence-electron chi connectivity index (χ1n) is 5.62. The lowest BCUT2D eigenvalue weighted by molar-refractivity contribution is -0.131. The molecule has 0 saturated carbocycles. The highest BCUT2D eigenvalue weighted by molar-refractivity contribution is 5.85. The third-order valence-corrected chi connectivity index (χ3v) is 2.57. The van der Waals surface area contributed by atoms with Crippen LogP contribution in [0.25, 0.3) is 17.3 Å². The van der Waals surface area contributed by atoms with Crippen molar-refractivity contribution in [1.82, 2.24) is 9.78 Å². The lowest BCUT2D eigenvalue weighted by Crippen LogP contribution is -2.22. The van der Waals surface area contributed by atoms with Crippen LogP contribution in [0.3, 0.4) is 0 Å². The maximum atomic E-state index is 11.8. The van der Waals surface area contributed by atoms with Crippen LogP contribution in [-0.2, 0) is 11.8 Å². The Hall–Kier alpha value is -2.69. The smallest absolute Gasteiger partial charge is 0.328 e. The Labute approximate surface area is 109 Å². The molecule has 1 aromatic heterocycles. The van der Waals surface area contributed by atoms with Crippen LogP contribution in [0.5, 0.6) is 0 Å². The molecule has 5 heteroatoms. The summed E-state index contributed by atoms with van der Waals surface area (Å²) in [6, 6.07) is 11.0. The number of hydrogen-bond donors (Lipinski definition) is 1. The Bertz CT molecular complexity index is 688. The topological polar surface area (TPSA) is 72.2 Å². The van der Waals surface area contributed by atoms with Gasteiger partial charge in [-0.05, 0) is 12.1 Å². The molecule has 2 aromatic rings. The molecule has 0 aliphatic rings. The first-order valence-corrected chi connectivity index (χ1v) is 5.62. The standard InChI is InChI=1S/C14H12N2O3/c1-16-14(19)11(7-8-13(17)18)9-12(15-16)10-5-3-2-4-6-10/h2-9H,1H3,(H,17,18)/b8-7+. The van der Waals surface area contributed by atoms with E-state index in [1.54, 1.807) is 6.07 Å². The molecule has 5 nitrogen and oxygen atoms in total. The molecule has 0 spiro atoms. The second kappa shape index (κ2) is 5.30. The maximum absolute atomic E-state index is 11.8. The Kier molecular flexibility index (Phi) is 3.56.